The summed E-state index contributed by atoms with van der Waals surface area (Å²) in [5.41, 5.74) is 6.74. The summed E-state index contributed by atoms with van der Waals surface area (Å²) in [6, 6.07) is 15.8. The molecule has 44 heavy (non-hydrogen) atoms. The summed E-state index contributed by atoms with van der Waals surface area (Å²) in [7, 11) is 0. The average Bonchev–Trinajstić information content (AvgIpc) is 3.94. The average molecular weight is 603 g/mol. The lowest BCUT2D eigenvalue weighted by molar-refractivity contribution is -0.137. The molecule has 4 rings (SSSR count). The number of hydrogen-bond acceptors (Lipinski definition) is 3. The number of benzene rings is 2. The first-order valence-electron chi connectivity index (χ1n) is 17.3. The Morgan fingerprint density at radius 2 is 1.39 bits per heavy atom. The highest BCUT2D eigenvalue weighted by Crippen LogP contribution is 2.39. The highest BCUT2D eigenvalue weighted by molar-refractivity contribution is 5.81. The van der Waals surface area contributed by atoms with E-state index in [0.29, 0.717) is 6.61 Å². The quantitative estimate of drug-likeness (QED) is 0.101. The minimum absolute atomic E-state index is 0.309. The first-order chi connectivity index (χ1) is 21.4. The fourth-order valence-corrected chi connectivity index (χ4v) is 5.51. The zero-order chi connectivity index (χ0) is 32.4. The number of aliphatic hydroxyl groups is 1. The summed E-state index contributed by atoms with van der Waals surface area (Å²) in [5, 5.41) is 7.33. The van der Waals surface area contributed by atoms with Crippen LogP contribution >= 0.6 is 0 Å². The molecule has 0 bridgehead atoms. The molecule has 2 saturated carbocycles. The van der Waals surface area contributed by atoms with Crippen LogP contribution in [0.3, 0.4) is 0 Å². The summed E-state index contributed by atoms with van der Waals surface area (Å²) in [4.78, 5) is 10.6. The van der Waals surface area contributed by atoms with Crippen LogP contribution in [0.4, 0.5) is 0 Å². The monoisotopic (exact) mass is 602 g/mol. The molecule has 2 aromatic rings. The van der Waals surface area contributed by atoms with Gasteiger partial charge in [0.05, 0.1) is 12.9 Å². The van der Waals surface area contributed by atoms with Gasteiger partial charge in [-0.05, 0) is 79.2 Å². The van der Waals surface area contributed by atoms with E-state index < -0.39 is 0 Å². The molecule has 1 N–H and O–H groups in total. The van der Waals surface area contributed by atoms with Gasteiger partial charge < -0.3 is 9.84 Å². The van der Waals surface area contributed by atoms with E-state index >= 15 is 0 Å². The van der Waals surface area contributed by atoms with E-state index in [0.717, 1.165) is 30.9 Å². The van der Waals surface area contributed by atoms with Crippen molar-refractivity contribution >= 4 is 12.0 Å². The number of esters is 1. The van der Waals surface area contributed by atoms with Crippen molar-refractivity contribution in [1.29, 1.82) is 0 Å². The SMILES string of the molecule is C1CC1.C=CC(=O)OCCCCCCCCC.C=CO.C=Cc1cc(-c2ccc(C)cc2)ccc1C1CCC(CCC)CC1. The molecule has 0 saturated heterocycles. The zero-order valence-electron chi connectivity index (χ0n) is 28.3. The van der Waals surface area contributed by atoms with Gasteiger partial charge in [-0.3, -0.25) is 0 Å². The first-order valence-corrected chi connectivity index (χ1v) is 17.3. The van der Waals surface area contributed by atoms with E-state index in [9.17, 15) is 4.79 Å². The molecule has 0 aromatic heterocycles. The molecule has 2 aliphatic carbocycles. The van der Waals surface area contributed by atoms with E-state index in [1.807, 2.05) is 6.08 Å². The minimum atomic E-state index is -0.309. The third kappa shape index (κ3) is 17.9. The predicted octanol–water partition coefficient (Wildman–Crippen LogP) is 12.7. The number of ether oxygens (including phenoxy) is 1. The van der Waals surface area contributed by atoms with Gasteiger partial charge in [0.2, 0.25) is 0 Å². The van der Waals surface area contributed by atoms with Crippen LogP contribution < -0.4 is 0 Å². The van der Waals surface area contributed by atoms with E-state index in [4.69, 9.17) is 9.84 Å². The second-order valence-corrected chi connectivity index (χ2v) is 12.2. The van der Waals surface area contributed by atoms with Crippen molar-refractivity contribution in [2.45, 2.75) is 129 Å². The lowest BCUT2D eigenvalue weighted by atomic mass is 9.76. The van der Waals surface area contributed by atoms with Crippen LogP contribution in [-0.2, 0) is 9.53 Å². The number of aliphatic hydroxyl groups excluding tert-OH is 1. The molecule has 0 aliphatic heterocycles. The Morgan fingerprint density at radius 3 is 1.91 bits per heavy atom. The maximum absolute atomic E-state index is 10.6. The van der Waals surface area contributed by atoms with Gasteiger partial charge in [-0.1, -0.05) is 152 Å². The van der Waals surface area contributed by atoms with Crippen LogP contribution in [-0.4, -0.2) is 17.7 Å². The fraction of sp³-hybridized carbons (Fsp3) is 0.537. The van der Waals surface area contributed by atoms with Crippen molar-refractivity contribution in [3.8, 4) is 11.1 Å². The summed E-state index contributed by atoms with van der Waals surface area (Å²) in [6.45, 7) is 17.5. The van der Waals surface area contributed by atoms with Gasteiger partial charge in [-0.15, -0.1) is 0 Å². The van der Waals surface area contributed by atoms with Crippen molar-refractivity contribution in [2.24, 2.45) is 5.92 Å². The van der Waals surface area contributed by atoms with Crippen molar-refractivity contribution in [3.05, 3.63) is 91.2 Å². The standard InChI is InChI=1S/C24H30.C12H22O2.C3H6.C2H4O/c1-4-6-19-9-13-22(14-10-19)24-16-15-23(17-20(24)5-2)21-11-7-18(3)8-12-21;1-3-5-6-7-8-9-10-11-14-12(13)4-2;1-2-3-1;1-2-3/h5,7-8,11-12,15-17,19,22H,2,4,6,9-10,13-14H2,1,3H3;4H,2-3,5-11H2,1H3;1-3H2;2-3H,1H2. The normalized spacial score (nSPS) is 16.3. The van der Waals surface area contributed by atoms with Crippen molar-refractivity contribution in [1.82, 2.24) is 0 Å². The van der Waals surface area contributed by atoms with Gasteiger partial charge in [-0.25, -0.2) is 4.79 Å². The van der Waals surface area contributed by atoms with E-state index in [1.54, 1.807) is 0 Å². The number of hydrogen-bond donors (Lipinski definition) is 1. The molecule has 3 nitrogen and oxygen atoms in total. The number of unbranched alkanes of at least 4 members (excludes halogenated alkanes) is 6. The van der Waals surface area contributed by atoms with Crippen molar-refractivity contribution in [2.75, 3.05) is 6.61 Å². The minimum Gasteiger partial charge on any atom is -0.516 e. The third-order valence-electron chi connectivity index (χ3n) is 8.19. The second kappa shape index (κ2) is 25.3. The van der Waals surface area contributed by atoms with Crippen molar-refractivity contribution in [3.63, 3.8) is 0 Å². The Bertz CT molecular complexity index is 1040. The topological polar surface area (TPSA) is 46.5 Å². The number of carbonyl (C=O) groups excluding carboxylic acids is 1. The van der Waals surface area contributed by atoms with Crippen LogP contribution in [0.5, 0.6) is 0 Å². The smallest absolute Gasteiger partial charge is 0.330 e. The van der Waals surface area contributed by atoms with E-state index in [1.165, 1.54) is 124 Å². The fourth-order valence-electron chi connectivity index (χ4n) is 5.51. The Kier molecular flexibility index (Phi) is 22.4. The number of aryl methyl sites for hydroxylation is 1. The number of rotatable bonds is 14. The molecule has 2 aliphatic rings. The summed E-state index contributed by atoms with van der Waals surface area (Å²) >= 11 is 0. The van der Waals surface area contributed by atoms with Gasteiger partial charge in [0.15, 0.2) is 0 Å². The molecule has 0 spiro atoms. The largest absolute Gasteiger partial charge is 0.516 e. The Hall–Kier alpha value is -3.07. The molecule has 2 fully saturated rings. The maximum Gasteiger partial charge on any atom is 0.330 e. The van der Waals surface area contributed by atoms with Crippen LogP contribution in [0, 0.1) is 12.8 Å². The molecular weight excluding hydrogens is 540 g/mol. The number of carbonyl (C=O) groups is 1. The molecule has 244 valence electrons. The van der Waals surface area contributed by atoms with Crippen LogP contribution in [0.2, 0.25) is 0 Å². The van der Waals surface area contributed by atoms with Crippen molar-refractivity contribution < 1.29 is 14.6 Å². The lowest BCUT2D eigenvalue weighted by Crippen LogP contribution is -2.14. The Balaban J connectivity index is 0.000000408. The first kappa shape index (κ1) is 39.0. The Morgan fingerprint density at radius 1 is 0.818 bits per heavy atom. The molecule has 0 atom stereocenters. The molecule has 0 heterocycles. The molecule has 3 heteroatoms. The molecule has 0 amide bonds. The molecule has 0 unspecified atom stereocenters. The molecule has 2 aromatic carbocycles. The summed E-state index contributed by atoms with van der Waals surface area (Å²) < 4.78 is 4.86. The van der Waals surface area contributed by atoms with Crippen LogP contribution in [0.15, 0.2) is 74.5 Å². The van der Waals surface area contributed by atoms with Gasteiger partial charge in [-0.2, -0.15) is 0 Å². The van der Waals surface area contributed by atoms with Gasteiger partial charge >= 0.3 is 5.97 Å². The lowest BCUT2D eigenvalue weighted by Gasteiger charge is -2.29. The highest BCUT2D eigenvalue weighted by atomic mass is 16.5. The predicted molar refractivity (Wildman–Crippen MR) is 192 cm³/mol. The summed E-state index contributed by atoms with van der Waals surface area (Å²) in [5.74, 6) is 1.37. The Labute approximate surface area is 270 Å². The van der Waals surface area contributed by atoms with Gasteiger partial charge in [0.1, 0.15) is 0 Å². The molecular formula is C41H62O3. The van der Waals surface area contributed by atoms with E-state index in [-0.39, 0.29) is 5.97 Å². The summed E-state index contributed by atoms with van der Waals surface area (Å²) in [6.07, 6.45) is 25.4. The molecule has 0 radical (unpaired) electrons. The van der Waals surface area contributed by atoms with Crippen LogP contribution in [0.25, 0.3) is 17.2 Å². The van der Waals surface area contributed by atoms with E-state index in [2.05, 4.69) is 83.0 Å². The third-order valence-corrected chi connectivity index (χ3v) is 8.19. The van der Waals surface area contributed by atoms with Gasteiger partial charge in [0.25, 0.3) is 0 Å². The van der Waals surface area contributed by atoms with Crippen LogP contribution in [0.1, 0.15) is 139 Å². The second-order valence-electron chi connectivity index (χ2n) is 12.2. The maximum atomic E-state index is 10.6. The zero-order valence-corrected chi connectivity index (χ0v) is 28.3. The highest BCUT2D eigenvalue weighted by Gasteiger charge is 2.23. The van der Waals surface area contributed by atoms with Gasteiger partial charge in [0, 0.05) is 6.08 Å².